The van der Waals surface area contributed by atoms with Gasteiger partial charge in [-0.1, -0.05) is 24.3 Å². The number of hydrogen-bond donors (Lipinski definition) is 7. The van der Waals surface area contributed by atoms with Crippen molar-refractivity contribution in [1.82, 2.24) is 14.9 Å². The predicted molar refractivity (Wildman–Crippen MR) is 182 cm³/mol. The number of carbonyl (C=O) groups excluding carboxylic acids is 3. The van der Waals surface area contributed by atoms with E-state index >= 15 is 0 Å². The van der Waals surface area contributed by atoms with Crippen molar-refractivity contribution in [2.45, 2.75) is 49.1 Å². The van der Waals surface area contributed by atoms with Crippen LogP contribution in [0, 0.1) is 11.3 Å². The summed E-state index contributed by atoms with van der Waals surface area (Å²) in [4.78, 5) is 40.5. The van der Waals surface area contributed by atoms with Crippen molar-refractivity contribution in [1.29, 1.82) is 5.41 Å². The number of rotatable bonds is 19. The minimum Gasteiger partial charge on any atom is -0.384 e. The Morgan fingerprint density at radius 3 is 2.42 bits per heavy atom. The van der Waals surface area contributed by atoms with Crippen LogP contribution in [-0.4, -0.2) is 102 Å². The van der Waals surface area contributed by atoms with E-state index in [1.807, 2.05) is 0 Å². The van der Waals surface area contributed by atoms with Gasteiger partial charge in [0.05, 0.1) is 24.7 Å². The number of hydrogen-bond acceptors (Lipinski definition) is 10. The van der Waals surface area contributed by atoms with E-state index < -0.39 is 33.9 Å². The summed E-state index contributed by atoms with van der Waals surface area (Å²) in [5, 5.41) is 12.9. The molecule has 1 saturated heterocycles. The highest BCUT2D eigenvalue weighted by molar-refractivity contribution is 7.89. The molecule has 10 N–H and O–H groups in total. The second kappa shape index (κ2) is 19.2. The van der Waals surface area contributed by atoms with Crippen LogP contribution in [0.4, 0.5) is 5.69 Å². The molecule has 0 radical (unpaired) electrons. The molecule has 2 aromatic rings. The van der Waals surface area contributed by atoms with Crippen LogP contribution in [0.2, 0.25) is 0 Å². The molecule has 0 saturated carbocycles. The van der Waals surface area contributed by atoms with Crippen LogP contribution >= 0.6 is 0 Å². The number of nitrogens with two attached hydrogens (primary N) is 3. The smallest absolute Gasteiger partial charge is 0.248 e. The predicted octanol–water partition coefficient (Wildman–Crippen LogP) is -0.117. The normalized spacial score (nSPS) is 15.0. The second-order valence-corrected chi connectivity index (χ2v) is 13.3. The van der Waals surface area contributed by atoms with Crippen LogP contribution < -0.4 is 32.6 Å². The molecule has 1 fully saturated rings. The lowest BCUT2D eigenvalue weighted by molar-refractivity contribution is -0.134. The average molecular weight is 689 g/mol. The fourth-order valence-electron chi connectivity index (χ4n) is 5.31. The van der Waals surface area contributed by atoms with Crippen LogP contribution in [0.3, 0.4) is 0 Å². The molecule has 264 valence electrons. The number of amides is 3. The number of amidine groups is 1. The van der Waals surface area contributed by atoms with Gasteiger partial charge >= 0.3 is 0 Å². The van der Waals surface area contributed by atoms with E-state index in [9.17, 15) is 22.8 Å². The lowest BCUT2D eigenvalue weighted by Gasteiger charge is -2.34. The number of anilines is 1. The van der Waals surface area contributed by atoms with E-state index in [4.69, 9.17) is 32.1 Å². The van der Waals surface area contributed by atoms with Gasteiger partial charge in [0.2, 0.25) is 27.7 Å². The highest BCUT2D eigenvalue weighted by Gasteiger charge is 2.32. The monoisotopic (exact) mass is 688 g/mol. The van der Waals surface area contributed by atoms with Crippen molar-refractivity contribution in [2.75, 3.05) is 58.4 Å². The van der Waals surface area contributed by atoms with Crippen molar-refractivity contribution < 1.29 is 32.3 Å². The van der Waals surface area contributed by atoms with Gasteiger partial charge in [-0.2, -0.15) is 4.72 Å². The van der Waals surface area contributed by atoms with Gasteiger partial charge in [-0.15, -0.1) is 0 Å². The lowest BCUT2D eigenvalue weighted by Crippen LogP contribution is -2.51. The second-order valence-electron chi connectivity index (χ2n) is 11.6. The third-order valence-corrected chi connectivity index (χ3v) is 9.45. The molecule has 0 aromatic heterocycles. The largest absolute Gasteiger partial charge is 0.384 e. The summed E-state index contributed by atoms with van der Waals surface area (Å²) >= 11 is 0. The van der Waals surface area contributed by atoms with Gasteiger partial charge in [0, 0.05) is 44.4 Å². The third kappa shape index (κ3) is 11.9. The van der Waals surface area contributed by atoms with Gasteiger partial charge in [-0.25, -0.2) is 8.42 Å². The molecule has 2 atom stereocenters. The fraction of sp³-hybridized carbons (Fsp3) is 0.500. The summed E-state index contributed by atoms with van der Waals surface area (Å²) in [5.41, 5.74) is 18.3. The van der Waals surface area contributed by atoms with Crippen molar-refractivity contribution in [3.63, 3.8) is 0 Å². The topological polar surface area (TPSA) is 245 Å². The van der Waals surface area contributed by atoms with Gasteiger partial charge in [-0.05, 0) is 68.0 Å². The first-order chi connectivity index (χ1) is 23.0. The molecule has 2 aromatic carbocycles. The number of likely N-dealkylation sites (tertiary alicyclic amines) is 1. The molecular weight excluding hydrogens is 640 g/mol. The molecule has 0 bridgehead atoms. The van der Waals surface area contributed by atoms with E-state index in [1.165, 1.54) is 31.4 Å². The zero-order chi connectivity index (χ0) is 35.1. The Bertz CT molecular complexity index is 1500. The van der Waals surface area contributed by atoms with Crippen LogP contribution in [0.15, 0.2) is 53.4 Å². The molecule has 15 nitrogen and oxygen atoms in total. The number of benzene rings is 2. The molecule has 0 unspecified atom stereocenters. The highest BCUT2D eigenvalue weighted by Crippen LogP contribution is 2.22. The SMILES string of the molecule is COCCOCCC(=O)N[C@@H](CN)C(=O)Nc1cccc(S(=O)(=O)N[C@@H](Cc2cccc(C(=N)N)c2)C(=O)N2CCC(CCN)CC2)c1. The Kier molecular flexibility index (Phi) is 15.4. The minimum atomic E-state index is -4.28. The molecule has 0 spiro atoms. The number of carbonyl (C=O) groups is 3. The number of ether oxygens (including phenoxy) is 2. The van der Waals surface area contributed by atoms with Crippen LogP contribution in [-0.2, 0) is 40.3 Å². The minimum absolute atomic E-state index is 0.0114. The summed E-state index contributed by atoms with van der Waals surface area (Å²) in [6.45, 7) is 2.19. The van der Waals surface area contributed by atoms with Gasteiger partial charge in [-0.3, -0.25) is 19.8 Å². The van der Waals surface area contributed by atoms with E-state index in [0.717, 1.165) is 19.3 Å². The maximum atomic E-state index is 13.8. The van der Waals surface area contributed by atoms with Crippen molar-refractivity contribution >= 4 is 39.3 Å². The highest BCUT2D eigenvalue weighted by atomic mass is 32.2. The third-order valence-electron chi connectivity index (χ3n) is 7.98. The molecule has 3 amide bonds. The first kappa shape index (κ1) is 38.5. The summed E-state index contributed by atoms with van der Waals surface area (Å²) in [6.07, 6.45) is 2.45. The number of nitrogens with one attached hydrogen (secondary N) is 4. The van der Waals surface area contributed by atoms with Crippen molar-refractivity contribution in [3.05, 3.63) is 59.7 Å². The maximum Gasteiger partial charge on any atom is 0.248 e. The summed E-state index contributed by atoms with van der Waals surface area (Å²) in [7, 11) is -2.74. The molecule has 1 heterocycles. The number of sulfonamides is 1. The zero-order valence-corrected chi connectivity index (χ0v) is 28.1. The molecule has 48 heavy (non-hydrogen) atoms. The summed E-state index contributed by atoms with van der Waals surface area (Å²) in [6, 6.07) is 10.1. The number of methoxy groups -OCH3 is 1. The van der Waals surface area contributed by atoms with Crippen molar-refractivity contribution in [2.24, 2.45) is 23.1 Å². The molecule has 16 heteroatoms. The first-order valence-electron chi connectivity index (χ1n) is 15.9. The first-order valence-corrected chi connectivity index (χ1v) is 17.4. The summed E-state index contributed by atoms with van der Waals surface area (Å²) in [5.74, 6) is -1.18. The fourth-order valence-corrected chi connectivity index (χ4v) is 6.55. The molecule has 0 aliphatic carbocycles. The zero-order valence-electron chi connectivity index (χ0n) is 27.3. The molecule has 1 aliphatic rings. The standard InChI is InChI=1S/C32H48N8O7S/c1-46-16-17-47-15-11-29(41)38-28(21-34)31(42)37-25-6-3-7-26(20-25)48(44,45)39-27(19-23-4-2-5-24(18-23)30(35)36)32(43)40-13-9-22(8-12-33)10-14-40/h2-7,18,20,22,27-28,39H,8-17,19,21,33-34H2,1H3,(H3,35,36)(H,37,42)(H,38,41)/t27-,28-/m0/s1. The molecule has 3 rings (SSSR count). The van der Waals surface area contributed by atoms with Gasteiger partial charge < -0.3 is 42.2 Å². The van der Waals surface area contributed by atoms with Crippen LogP contribution in [0.25, 0.3) is 0 Å². The molecular formula is C32H48N8O7S. The van der Waals surface area contributed by atoms with E-state index in [1.54, 1.807) is 29.2 Å². The number of nitrogens with zero attached hydrogens (tertiary/aromatic N) is 1. The lowest BCUT2D eigenvalue weighted by atomic mass is 9.93. The van der Waals surface area contributed by atoms with Crippen molar-refractivity contribution in [3.8, 4) is 0 Å². The number of nitrogen functional groups attached to an aromatic ring is 1. The van der Waals surface area contributed by atoms with Gasteiger partial charge in [0.25, 0.3) is 0 Å². The molecule has 1 aliphatic heterocycles. The Hall–Kier alpha value is -3.93. The van der Waals surface area contributed by atoms with Crippen LogP contribution in [0.1, 0.15) is 36.8 Å². The van der Waals surface area contributed by atoms with E-state index in [2.05, 4.69) is 15.4 Å². The summed E-state index contributed by atoms with van der Waals surface area (Å²) < 4.78 is 40.2. The number of piperidine rings is 1. The Labute approximate surface area is 281 Å². The van der Waals surface area contributed by atoms with E-state index in [0.29, 0.717) is 49.9 Å². The Morgan fingerprint density at radius 1 is 1.02 bits per heavy atom. The van der Waals surface area contributed by atoms with Gasteiger partial charge in [0.1, 0.15) is 17.9 Å². The Balaban J connectivity index is 1.74. The van der Waals surface area contributed by atoms with Crippen LogP contribution in [0.5, 0.6) is 0 Å². The average Bonchev–Trinajstić information content (AvgIpc) is 3.07. The van der Waals surface area contributed by atoms with E-state index in [-0.39, 0.29) is 48.3 Å². The van der Waals surface area contributed by atoms with Gasteiger partial charge in [0.15, 0.2) is 0 Å². The Morgan fingerprint density at radius 2 is 1.75 bits per heavy atom. The maximum absolute atomic E-state index is 13.8. The quantitative estimate of drug-likeness (QED) is 0.0586.